The number of nitrogens with zero attached hydrogens (tertiary/aromatic N) is 3. The van der Waals surface area contributed by atoms with E-state index in [9.17, 15) is 0 Å². The van der Waals surface area contributed by atoms with E-state index in [2.05, 4.69) is 39.8 Å². The van der Waals surface area contributed by atoms with Gasteiger partial charge in [-0.1, -0.05) is 13.0 Å². The summed E-state index contributed by atoms with van der Waals surface area (Å²) in [5.41, 5.74) is 1.20. The van der Waals surface area contributed by atoms with E-state index in [1.165, 1.54) is 5.56 Å². The van der Waals surface area contributed by atoms with Crippen molar-refractivity contribution in [1.82, 2.24) is 20.4 Å². The van der Waals surface area contributed by atoms with Crippen LogP contribution in [0.2, 0.25) is 0 Å². The molecular weight excluding hydrogens is 354 g/mol. The minimum absolute atomic E-state index is 0.443. The zero-order valence-electron chi connectivity index (χ0n) is 17.4. The van der Waals surface area contributed by atoms with Gasteiger partial charge in [-0.2, -0.15) is 5.10 Å². The molecule has 0 amide bonds. The summed E-state index contributed by atoms with van der Waals surface area (Å²) in [5, 5.41) is 11.0. The second-order valence-electron chi connectivity index (χ2n) is 6.61. The maximum atomic E-state index is 5.70. The summed E-state index contributed by atoms with van der Waals surface area (Å²) in [5.74, 6) is 2.85. The lowest BCUT2D eigenvalue weighted by Crippen LogP contribution is -2.40. The highest BCUT2D eigenvalue weighted by Gasteiger charge is 2.08. The van der Waals surface area contributed by atoms with E-state index < -0.39 is 0 Å². The Morgan fingerprint density at radius 1 is 1.18 bits per heavy atom. The first-order valence-electron chi connectivity index (χ1n) is 9.96. The van der Waals surface area contributed by atoms with Gasteiger partial charge in [0.05, 0.1) is 13.2 Å². The van der Waals surface area contributed by atoms with Crippen molar-refractivity contribution in [2.24, 2.45) is 10.9 Å². The van der Waals surface area contributed by atoms with E-state index in [0.29, 0.717) is 19.1 Å². The smallest absolute Gasteiger partial charge is 0.190 e. The first-order chi connectivity index (χ1) is 13.7. The second kappa shape index (κ2) is 11.9. The van der Waals surface area contributed by atoms with Crippen LogP contribution < -0.4 is 20.1 Å². The van der Waals surface area contributed by atoms with E-state index in [1.807, 2.05) is 36.9 Å². The third-order valence-corrected chi connectivity index (χ3v) is 4.21. The van der Waals surface area contributed by atoms with Crippen molar-refractivity contribution in [3.8, 4) is 11.5 Å². The SMILES string of the molecule is CCOc1ccc(CCNC(=NC)NCC(C)Cn2cccn2)cc1OCC. The maximum absolute atomic E-state index is 5.70. The van der Waals surface area contributed by atoms with Gasteiger partial charge in [0, 0.05) is 39.1 Å². The molecule has 2 rings (SSSR count). The molecule has 7 heteroatoms. The number of aliphatic imine (C=N–C) groups is 1. The summed E-state index contributed by atoms with van der Waals surface area (Å²) in [6.07, 6.45) is 4.66. The molecule has 0 radical (unpaired) electrons. The lowest BCUT2D eigenvalue weighted by Gasteiger charge is -2.16. The summed E-state index contributed by atoms with van der Waals surface area (Å²) in [6, 6.07) is 8.06. The molecule has 1 aromatic carbocycles. The molecule has 1 heterocycles. The van der Waals surface area contributed by atoms with Crippen LogP contribution in [-0.2, 0) is 13.0 Å². The number of hydrogen-bond acceptors (Lipinski definition) is 4. The molecule has 0 saturated heterocycles. The predicted octanol–water partition coefficient (Wildman–Crippen LogP) is 2.72. The molecule has 154 valence electrons. The van der Waals surface area contributed by atoms with Crippen molar-refractivity contribution in [2.45, 2.75) is 33.7 Å². The molecule has 0 fully saturated rings. The minimum Gasteiger partial charge on any atom is -0.490 e. The van der Waals surface area contributed by atoms with Crippen molar-refractivity contribution >= 4 is 5.96 Å². The molecule has 1 unspecified atom stereocenters. The molecule has 0 aliphatic rings. The van der Waals surface area contributed by atoms with Crippen LogP contribution >= 0.6 is 0 Å². The third kappa shape index (κ3) is 7.13. The van der Waals surface area contributed by atoms with Crippen LogP contribution in [0.5, 0.6) is 11.5 Å². The molecule has 0 saturated carbocycles. The molecule has 0 bridgehead atoms. The second-order valence-corrected chi connectivity index (χ2v) is 6.61. The fourth-order valence-corrected chi connectivity index (χ4v) is 2.86. The van der Waals surface area contributed by atoms with Gasteiger partial charge in [-0.25, -0.2) is 0 Å². The van der Waals surface area contributed by atoms with Gasteiger partial charge in [0.15, 0.2) is 17.5 Å². The number of ether oxygens (including phenoxy) is 2. The van der Waals surface area contributed by atoms with Gasteiger partial charge in [-0.15, -0.1) is 0 Å². The standard InChI is InChI=1S/C21H33N5O2/c1-5-27-19-9-8-18(14-20(19)28-6-2)10-12-23-21(22-4)24-15-17(3)16-26-13-7-11-25-26/h7-9,11,13-14,17H,5-6,10,12,15-16H2,1-4H3,(H2,22,23,24). The Morgan fingerprint density at radius 2 is 1.96 bits per heavy atom. The Morgan fingerprint density at radius 3 is 2.64 bits per heavy atom. The van der Waals surface area contributed by atoms with Crippen molar-refractivity contribution in [3.63, 3.8) is 0 Å². The summed E-state index contributed by atoms with van der Waals surface area (Å²) < 4.78 is 13.3. The fraction of sp³-hybridized carbons (Fsp3) is 0.524. The Kier molecular flexibility index (Phi) is 9.18. The molecular formula is C21H33N5O2. The topological polar surface area (TPSA) is 72.7 Å². The molecule has 0 aliphatic heterocycles. The largest absolute Gasteiger partial charge is 0.490 e. The van der Waals surface area contributed by atoms with Crippen molar-refractivity contribution in [3.05, 3.63) is 42.2 Å². The van der Waals surface area contributed by atoms with Crippen molar-refractivity contribution in [2.75, 3.05) is 33.4 Å². The number of guanidine groups is 1. The van der Waals surface area contributed by atoms with Crippen LogP contribution in [0.4, 0.5) is 0 Å². The van der Waals surface area contributed by atoms with Crippen LogP contribution in [0.1, 0.15) is 26.3 Å². The maximum Gasteiger partial charge on any atom is 0.190 e. The number of benzene rings is 1. The summed E-state index contributed by atoms with van der Waals surface area (Å²) in [4.78, 5) is 4.30. The van der Waals surface area contributed by atoms with Gasteiger partial charge in [0.2, 0.25) is 0 Å². The third-order valence-electron chi connectivity index (χ3n) is 4.21. The van der Waals surface area contributed by atoms with E-state index in [4.69, 9.17) is 9.47 Å². The van der Waals surface area contributed by atoms with Crippen LogP contribution in [0.25, 0.3) is 0 Å². The van der Waals surface area contributed by atoms with Gasteiger partial charge in [-0.05, 0) is 49.9 Å². The van der Waals surface area contributed by atoms with Gasteiger partial charge < -0.3 is 20.1 Å². The van der Waals surface area contributed by atoms with E-state index in [1.54, 1.807) is 13.2 Å². The number of aromatic nitrogens is 2. The number of nitrogens with one attached hydrogen (secondary N) is 2. The molecule has 0 spiro atoms. The van der Waals surface area contributed by atoms with Crippen LogP contribution in [0, 0.1) is 5.92 Å². The monoisotopic (exact) mass is 387 g/mol. The molecule has 28 heavy (non-hydrogen) atoms. The predicted molar refractivity (Wildman–Crippen MR) is 113 cm³/mol. The van der Waals surface area contributed by atoms with Gasteiger partial charge in [0.1, 0.15) is 0 Å². The van der Waals surface area contributed by atoms with E-state index in [-0.39, 0.29) is 0 Å². The fourth-order valence-electron chi connectivity index (χ4n) is 2.86. The zero-order chi connectivity index (χ0) is 20.2. The summed E-state index contributed by atoms with van der Waals surface area (Å²) in [7, 11) is 1.79. The molecule has 2 N–H and O–H groups in total. The average molecular weight is 388 g/mol. The number of rotatable bonds is 11. The molecule has 7 nitrogen and oxygen atoms in total. The Balaban J connectivity index is 1.78. The molecule has 1 atom stereocenters. The highest BCUT2D eigenvalue weighted by molar-refractivity contribution is 5.79. The zero-order valence-corrected chi connectivity index (χ0v) is 17.4. The van der Waals surface area contributed by atoms with Crippen LogP contribution in [0.3, 0.4) is 0 Å². The number of hydrogen-bond donors (Lipinski definition) is 2. The van der Waals surface area contributed by atoms with Crippen molar-refractivity contribution < 1.29 is 9.47 Å². The molecule has 1 aromatic heterocycles. The Labute approximate surface area is 168 Å². The average Bonchev–Trinajstić information content (AvgIpc) is 3.19. The van der Waals surface area contributed by atoms with Crippen molar-refractivity contribution in [1.29, 1.82) is 0 Å². The molecule has 2 aromatic rings. The van der Waals surface area contributed by atoms with Gasteiger partial charge in [-0.3, -0.25) is 9.67 Å². The lowest BCUT2D eigenvalue weighted by molar-refractivity contribution is 0.287. The highest BCUT2D eigenvalue weighted by atomic mass is 16.5. The van der Waals surface area contributed by atoms with Gasteiger partial charge in [0.25, 0.3) is 0 Å². The first-order valence-corrected chi connectivity index (χ1v) is 9.96. The minimum atomic E-state index is 0.443. The summed E-state index contributed by atoms with van der Waals surface area (Å²) >= 11 is 0. The normalized spacial score (nSPS) is 12.5. The Bertz CT molecular complexity index is 716. The Hall–Kier alpha value is -2.70. The lowest BCUT2D eigenvalue weighted by atomic mass is 10.1. The summed E-state index contributed by atoms with van der Waals surface area (Å²) in [6.45, 7) is 9.89. The quantitative estimate of drug-likeness (QED) is 0.458. The van der Waals surface area contributed by atoms with Crippen LogP contribution in [0.15, 0.2) is 41.7 Å². The first kappa shape index (κ1) is 21.6. The van der Waals surface area contributed by atoms with E-state index >= 15 is 0 Å². The van der Waals surface area contributed by atoms with Crippen LogP contribution in [-0.4, -0.2) is 49.1 Å². The van der Waals surface area contributed by atoms with E-state index in [0.717, 1.165) is 43.5 Å². The van der Waals surface area contributed by atoms with Gasteiger partial charge >= 0.3 is 0 Å². The molecule has 0 aliphatic carbocycles. The highest BCUT2D eigenvalue weighted by Crippen LogP contribution is 2.28.